The number of benzene rings is 2. The molecule has 2 N–H and O–H groups in total. The molecule has 0 bridgehead atoms. The van der Waals surface area contributed by atoms with Crippen LogP contribution in [0.5, 0.6) is 0 Å². The molecule has 2 aromatic rings. The molecule has 0 aliphatic rings. The fourth-order valence-electron chi connectivity index (χ4n) is 2.06. The standard InChI is InChI=1S/C16H13BrF3N3O3/c17-12-1-3-13(4-2-12)21-5-6-22-15(24)10-7-11(16(18,19)20)9-14(8-10)23(25)26/h1-4,7-9,21H,5-6H2,(H,22,24). The van der Waals surface area contributed by atoms with Crippen LogP contribution in [-0.2, 0) is 6.18 Å². The van der Waals surface area contributed by atoms with Gasteiger partial charge in [0.2, 0.25) is 0 Å². The molecule has 2 aromatic carbocycles. The van der Waals surface area contributed by atoms with E-state index in [1.807, 2.05) is 24.3 Å². The van der Waals surface area contributed by atoms with Crippen molar-refractivity contribution in [2.24, 2.45) is 0 Å². The molecule has 1 amide bonds. The summed E-state index contributed by atoms with van der Waals surface area (Å²) in [5.41, 5.74) is -1.66. The summed E-state index contributed by atoms with van der Waals surface area (Å²) in [4.78, 5) is 21.8. The number of alkyl halides is 3. The molecule has 138 valence electrons. The van der Waals surface area contributed by atoms with E-state index in [0.717, 1.165) is 16.2 Å². The minimum atomic E-state index is -4.79. The predicted molar refractivity (Wildman–Crippen MR) is 93.1 cm³/mol. The average molecular weight is 432 g/mol. The van der Waals surface area contributed by atoms with Crippen LogP contribution in [-0.4, -0.2) is 23.9 Å². The quantitative estimate of drug-likeness (QED) is 0.407. The van der Waals surface area contributed by atoms with Gasteiger partial charge in [-0.2, -0.15) is 13.2 Å². The van der Waals surface area contributed by atoms with Crippen LogP contribution >= 0.6 is 15.9 Å². The van der Waals surface area contributed by atoms with Crippen molar-refractivity contribution in [3.05, 3.63) is 68.2 Å². The van der Waals surface area contributed by atoms with Gasteiger partial charge in [-0.05, 0) is 30.3 Å². The van der Waals surface area contributed by atoms with E-state index in [2.05, 4.69) is 26.6 Å². The van der Waals surface area contributed by atoms with Gasteiger partial charge >= 0.3 is 6.18 Å². The van der Waals surface area contributed by atoms with Crippen molar-refractivity contribution in [1.29, 1.82) is 0 Å². The summed E-state index contributed by atoms with van der Waals surface area (Å²) in [6.45, 7) is 0.452. The number of nitro groups is 1. The fourth-order valence-corrected chi connectivity index (χ4v) is 2.33. The Labute approximate surface area is 154 Å². The SMILES string of the molecule is O=C(NCCNc1ccc(Br)cc1)c1cc([N+](=O)[O-])cc(C(F)(F)F)c1. The highest BCUT2D eigenvalue weighted by atomic mass is 79.9. The lowest BCUT2D eigenvalue weighted by molar-refractivity contribution is -0.385. The van der Waals surface area contributed by atoms with Crippen LogP contribution in [0.2, 0.25) is 0 Å². The first-order valence-electron chi connectivity index (χ1n) is 7.31. The summed E-state index contributed by atoms with van der Waals surface area (Å²) < 4.78 is 39.4. The van der Waals surface area contributed by atoms with Crippen LogP contribution in [0, 0.1) is 10.1 Å². The maximum Gasteiger partial charge on any atom is 0.416 e. The lowest BCUT2D eigenvalue weighted by Gasteiger charge is -2.10. The molecule has 0 fully saturated rings. The highest BCUT2D eigenvalue weighted by Gasteiger charge is 2.33. The molecule has 2 rings (SSSR count). The third-order valence-corrected chi connectivity index (χ3v) is 3.83. The number of carbonyl (C=O) groups is 1. The second kappa shape index (κ2) is 8.17. The monoisotopic (exact) mass is 431 g/mol. The topological polar surface area (TPSA) is 84.3 Å². The van der Waals surface area contributed by atoms with Crippen molar-refractivity contribution < 1.29 is 22.9 Å². The van der Waals surface area contributed by atoms with Crippen molar-refractivity contribution in [1.82, 2.24) is 5.32 Å². The molecule has 0 heterocycles. The number of amides is 1. The molecule has 6 nitrogen and oxygen atoms in total. The molecule has 26 heavy (non-hydrogen) atoms. The van der Waals surface area contributed by atoms with E-state index < -0.39 is 33.8 Å². The van der Waals surface area contributed by atoms with E-state index in [9.17, 15) is 28.1 Å². The molecular weight excluding hydrogens is 419 g/mol. The van der Waals surface area contributed by atoms with E-state index in [-0.39, 0.29) is 6.54 Å². The van der Waals surface area contributed by atoms with Gasteiger partial charge in [0, 0.05) is 40.9 Å². The smallest absolute Gasteiger partial charge is 0.383 e. The number of carbonyl (C=O) groups excluding carboxylic acids is 1. The normalized spacial score (nSPS) is 11.1. The zero-order valence-corrected chi connectivity index (χ0v) is 14.7. The molecule has 0 saturated heterocycles. The Morgan fingerprint density at radius 3 is 2.35 bits per heavy atom. The first-order chi connectivity index (χ1) is 12.2. The molecule has 0 radical (unpaired) electrons. The second-order valence-corrected chi connectivity index (χ2v) is 6.13. The minimum Gasteiger partial charge on any atom is -0.383 e. The maximum absolute atomic E-state index is 12.8. The zero-order chi connectivity index (χ0) is 19.3. The number of hydrogen-bond donors (Lipinski definition) is 2. The van der Waals surface area contributed by atoms with Gasteiger partial charge < -0.3 is 10.6 Å². The number of rotatable bonds is 6. The highest BCUT2D eigenvalue weighted by molar-refractivity contribution is 9.10. The van der Waals surface area contributed by atoms with Crippen LogP contribution in [0.4, 0.5) is 24.5 Å². The van der Waals surface area contributed by atoms with Gasteiger partial charge in [0.1, 0.15) is 0 Å². The average Bonchev–Trinajstić information content (AvgIpc) is 2.58. The molecule has 0 aromatic heterocycles. The summed E-state index contributed by atoms with van der Waals surface area (Å²) in [5.74, 6) is -0.822. The second-order valence-electron chi connectivity index (χ2n) is 5.21. The molecule has 0 aliphatic carbocycles. The molecule has 10 heteroatoms. The molecular formula is C16H13BrF3N3O3. The Bertz CT molecular complexity index is 811. The number of anilines is 1. The summed E-state index contributed by atoms with van der Waals surface area (Å²) >= 11 is 3.30. The molecule has 0 unspecified atom stereocenters. The van der Waals surface area contributed by atoms with E-state index in [4.69, 9.17) is 0 Å². The zero-order valence-electron chi connectivity index (χ0n) is 13.1. The summed E-state index contributed by atoms with van der Waals surface area (Å²) in [6.07, 6.45) is -4.79. The minimum absolute atomic E-state index is 0.124. The maximum atomic E-state index is 12.8. The lowest BCUT2D eigenvalue weighted by Crippen LogP contribution is -2.29. The fraction of sp³-hybridized carbons (Fsp3) is 0.188. The van der Waals surface area contributed by atoms with Crippen molar-refractivity contribution in [2.75, 3.05) is 18.4 Å². The van der Waals surface area contributed by atoms with Crippen LogP contribution in [0.1, 0.15) is 15.9 Å². The Kier molecular flexibility index (Phi) is 6.19. The van der Waals surface area contributed by atoms with Crippen LogP contribution in [0.3, 0.4) is 0 Å². The third-order valence-electron chi connectivity index (χ3n) is 3.30. The van der Waals surface area contributed by atoms with Crippen molar-refractivity contribution >= 4 is 33.2 Å². The van der Waals surface area contributed by atoms with Gasteiger partial charge in [-0.3, -0.25) is 14.9 Å². The lowest BCUT2D eigenvalue weighted by atomic mass is 10.1. The predicted octanol–water partition coefficient (Wildman–Crippen LogP) is 4.22. The summed E-state index contributed by atoms with van der Waals surface area (Å²) in [5, 5.41) is 16.2. The Hall–Kier alpha value is -2.62. The highest BCUT2D eigenvalue weighted by Crippen LogP contribution is 2.32. The van der Waals surface area contributed by atoms with E-state index in [1.165, 1.54) is 0 Å². The van der Waals surface area contributed by atoms with Gasteiger partial charge in [0.25, 0.3) is 11.6 Å². The van der Waals surface area contributed by atoms with E-state index in [1.54, 1.807) is 0 Å². The van der Waals surface area contributed by atoms with E-state index >= 15 is 0 Å². The van der Waals surface area contributed by atoms with Gasteiger partial charge in [0.05, 0.1) is 10.5 Å². The van der Waals surface area contributed by atoms with Crippen LogP contribution < -0.4 is 10.6 Å². The van der Waals surface area contributed by atoms with Crippen molar-refractivity contribution in [3.63, 3.8) is 0 Å². The van der Waals surface area contributed by atoms with Crippen molar-refractivity contribution in [3.8, 4) is 0 Å². The largest absolute Gasteiger partial charge is 0.416 e. The Balaban J connectivity index is 2.01. The number of halogens is 4. The van der Waals surface area contributed by atoms with Crippen LogP contribution in [0.15, 0.2) is 46.9 Å². The van der Waals surface area contributed by atoms with Gasteiger partial charge in [-0.1, -0.05) is 15.9 Å². The number of nitrogens with one attached hydrogen (secondary N) is 2. The molecule has 0 saturated carbocycles. The van der Waals surface area contributed by atoms with Crippen molar-refractivity contribution in [2.45, 2.75) is 6.18 Å². The number of hydrogen-bond acceptors (Lipinski definition) is 4. The third kappa shape index (κ3) is 5.45. The number of nitrogens with zero attached hydrogens (tertiary/aromatic N) is 1. The number of nitro benzene ring substituents is 1. The van der Waals surface area contributed by atoms with Crippen LogP contribution in [0.25, 0.3) is 0 Å². The van der Waals surface area contributed by atoms with E-state index in [0.29, 0.717) is 18.7 Å². The molecule has 0 aliphatic heterocycles. The first-order valence-corrected chi connectivity index (χ1v) is 8.10. The summed E-state index contributed by atoms with van der Waals surface area (Å²) in [7, 11) is 0. The Morgan fingerprint density at radius 1 is 1.12 bits per heavy atom. The van der Waals surface area contributed by atoms with Gasteiger partial charge in [0.15, 0.2) is 0 Å². The Morgan fingerprint density at radius 2 is 1.77 bits per heavy atom. The first kappa shape index (κ1) is 19.7. The molecule has 0 atom stereocenters. The molecule has 0 spiro atoms. The van der Waals surface area contributed by atoms with Gasteiger partial charge in [-0.15, -0.1) is 0 Å². The van der Waals surface area contributed by atoms with Gasteiger partial charge in [-0.25, -0.2) is 0 Å². The number of non-ortho nitro benzene ring substituents is 1. The summed E-state index contributed by atoms with van der Waals surface area (Å²) in [6, 6.07) is 9.05.